The van der Waals surface area contributed by atoms with Gasteiger partial charge in [0.15, 0.2) is 0 Å². The van der Waals surface area contributed by atoms with Crippen molar-refractivity contribution in [3.63, 3.8) is 0 Å². The van der Waals surface area contributed by atoms with Crippen LogP contribution >= 0.6 is 15.9 Å². The third-order valence-electron chi connectivity index (χ3n) is 3.14. The largest absolute Gasteiger partial charge is 0.323 e. The van der Waals surface area contributed by atoms with Gasteiger partial charge in [0.25, 0.3) is 5.91 Å². The highest BCUT2D eigenvalue weighted by molar-refractivity contribution is 9.10. The fourth-order valence-corrected chi connectivity index (χ4v) is 2.31. The lowest BCUT2D eigenvalue weighted by Gasteiger charge is -2.12. The summed E-state index contributed by atoms with van der Waals surface area (Å²) in [5.74, 6) is 5.20. The first-order valence-corrected chi connectivity index (χ1v) is 7.23. The second-order valence-electron chi connectivity index (χ2n) is 4.89. The first-order chi connectivity index (χ1) is 9.92. The SMILES string of the molecule is Cc1cc(NN)c(C(=O)Nc2cc(C)c(Br)c(C)c2)cn1. The number of amides is 1. The number of aromatic nitrogens is 1. The third kappa shape index (κ3) is 3.40. The molecule has 0 aliphatic heterocycles. The first-order valence-electron chi connectivity index (χ1n) is 6.43. The molecule has 0 spiro atoms. The van der Waals surface area contributed by atoms with Crippen LogP contribution in [0.25, 0.3) is 0 Å². The van der Waals surface area contributed by atoms with Gasteiger partial charge in [-0.1, -0.05) is 15.9 Å². The summed E-state index contributed by atoms with van der Waals surface area (Å²) in [5, 5.41) is 2.87. The summed E-state index contributed by atoms with van der Waals surface area (Å²) >= 11 is 3.51. The number of hydrogen-bond acceptors (Lipinski definition) is 4. The van der Waals surface area contributed by atoms with E-state index in [0.29, 0.717) is 11.3 Å². The molecule has 0 aliphatic rings. The minimum absolute atomic E-state index is 0.253. The van der Waals surface area contributed by atoms with Gasteiger partial charge < -0.3 is 10.7 Å². The summed E-state index contributed by atoms with van der Waals surface area (Å²) < 4.78 is 1.04. The van der Waals surface area contributed by atoms with Gasteiger partial charge in [-0.25, -0.2) is 0 Å². The molecule has 110 valence electrons. The zero-order chi connectivity index (χ0) is 15.6. The average molecular weight is 349 g/mol. The maximum absolute atomic E-state index is 12.4. The second-order valence-corrected chi connectivity index (χ2v) is 5.69. The van der Waals surface area contributed by atoms with Crippen molar-refractivity contribution < 1.29 is 4.79 Å². The second kappa shape index (κ2) is 6.24. The number of carbonyl (C=O) groups is 1. The molecule has 21 heavy (non-hydrogen) atoms. The predicted octanol–water partition coefficient (Wildman–Crippen LogP) is 3.31. The lowest BCUT2D eigenvalue weighted by atomic mass is 10.1. The molecule has 0 radical (unpaired) electrons. The molecular weight excluding hydrogens is 332 g/mol. The van der Waals surface area contributed by atoms with E-state index >= 15 is 0 Å². The van der Waals surface area contributed by atoms with Crippen LogP contribution in [0.5, 0.6) is 0 Å². The van der Waals surface area contributed by atoms with Crippen molar-refractivity contribution in [2.45, 2.75) is 20.8 Å². The average Bonchev–Trinajstić information content (AvgIpc) is 2.44. The summed E-state index contributed by atoms with van der Waals surface area (Å²) in [6, 6.07) is 5.55. The van der Waals surface area contributed by atoms with E-state index in [0.717, 1.165) is 27.0 Å². The van der Waals surface area contributed by atoms with E-state index in [1.54, 1.807) is 6.07 Å². The van der Waals surface area contributed by atoms with E-state index in [-0.39, 0.29) is 5.91 Å². The Morgan fingerprint density at radius 3 is 2.38 bits per heavy atom. The summed E-state index contributed by atoms with van der Waals surface area (Å²) in [6.45, 7) is 5.80. The number of carbonyl (C=O) groups excluding carboxylic acids is 1. The topological polar surface area (TPSA) is 80.0 Å². The maximum Gasteiger partial charge on any atom is 0.259 e. The highest BCUT2D eigenvalue weighted by atomic mass is 79.9. The van der Waals surface area contributed by atoms with Crippen LogP contribution in [-0.2, 0) is 0 Å². The zero-order valence-electron chi connectivity index (χ0n) is 12.1. The Morgan fingerprint density at radius 1 is 1.19 bits per heavy atom. The predicted molar refractivity (Wildman–Crippen MR) is 88.4 cm³/mol. The molecule has 2 aromatic rings. The van der Waals surface area contributed by atoms with E-state index in [2.05, 4.69) is 31.7 Å². The van der Waals surface area contributed by atoms with Crippen molar-refractivity contribution >= 4 is 33.2 Å². The van der Waals surface area contributed by atoms with Crippen LogP contribution in [0.1, 0.15) is 27.2 Å². The molecule has 1 amide bonds. The summed E-state index contributed by atoms with van der Waals surface area (Å²) in [6.07, 6.45) is 1.51. The fraction of sp³-hybridized carbons (Fsp3) is 0.200. The normalized spacial score (nSPS) is 10.3. The van der Waals surface area contributed by atoms with Gasteiger partial charge >= 0.3 is 0 Å². The summed E-state index contributed by atoms with van der Waals surface area (Å²) in [7, 11) is 0. The standard InChI is InChI=1S/C15H17BrN4O/c1-8-4-11(5-9(2)14(8)16)19-15(21)12-7-18-10(3)6-13(12)20-17/h4-7H,17H2,1-3H3,(H,18,20)(H,19,21). The van der Waals surface area contributed by atoms with Crippen molar-refractivity contribution in [1.29, 1.82) is 0 Å². The van der Waals surface area contributed by atoms with Gasteiger partial charge in [0, 0.05) is 22.1 Å². The van der Waals surface area contributed by atoms with Crippen LogP contribution in [0, 0.1) is 20.8 Å². The molecule has 0 aliphatic carbocycles. The van der Waals surface area contributed by atoms with Crippen molar-refractivity contribution in [2.24, 2.45) is 5.84 Å². The Labute approximate surface area is 132 Å². The number of halogens is 1. The van der Waals surface area contributed by atoms with E-state index in [1.165, 1.54) is 6.20 Å². The number of nitrogens with zero attached hydrogens (tertiary/aromatic N) is 1. The van der Waals surface area contributed by atoms with Gasteiger partial charge in [0.1, 0.15) is 0 Å². The summed E-state index contributed by atoms with van der Waals surface area (Å²) in [4.78, 5) is 16.5. The Kier molecular flexibility index (Phi) is 4.59. The van der Waals surface area contributed by atoms with Crippen LogP contribution in [-0.4, -0.2) is 10.9 Å². The minimum Gasteiger partial charge on any atom is -0.323 e. The maximum atomic E-state index is 12.4. The highest BCUT2D eigenvalue weighted by Crippen LogP contribution is 2.25. The molecule has 6 heteroatoms. The molecular formula is C15H17BrN4O. The lowest BCUT2D eigenvalue weighted by Crippen LogP contribution is -2.18. The van der Waals surface area contributed by atoms with E-state index < -0.39 is 0 Å². The number of aryl methyl sites for hydroxylation is 3. The number of pyridine rings is 1. The molecule has 4 N–H and O–H groups in total. The molecule has 0 atom stereocenters. The molecule has 1 heterocycles. The number of hydrogen-bond donors (Lipinski definition) is 3. The van der Waals surface area contributed by atoms with Crippen LogP contribution in [0.15, 0.2) is 28.9 Å². The molecule has 1 aromatic heterocycles. The molecule has 0 saturated heterocycles. The van der Waals surface area contributed by atoms with Crippen molar-refractivity contribution in [3.8, 4) is 0 Å². The molecule has 0 saturated carbocycles. The van der Waals surface area contributed by atoms with Crippen LogP contribution in [0.2, 0.25) is 0 Å². The lowest BCUT2D eigenvalue weighted by molar-refractivity contribution is 0.102. The van der Waals surface area contributed by atoms with Gasteiger partial charge in [-0.2, -0.15) is 0 Å². The van der Waals surface area contributed by atoms with Crippen LogP contribution < -0.4 is 16.6 Å². The van der Waals surface area contributed by atoms with Gasteiger partial charge in [-0.05, 0) is 50.1 Å². The zero-order valence-corrected chi connectivity index (χ0v) is 13.7. The van der Waals surface area contributed by atoms with Gasteiger partial charge in [0.2, 0.25) is 0 Å². The van der Waals surface area contributed by atoms with Gasteiger partial charge in [-0.15, -0.1) is 0 Å². The number of nitrogens with two attached hydrogens (primary N) is 1. The molecule has 0 unspecified atom stereocenters. The Bertz CT molecular complexity index is 677. The van der Waals surface area contributed by atoms with E-state index in [4.69, 9.17) is 5.84 Å². The van der Waals surface area contributed by atoms with Crippen molar-refractivity contribution in [3.05, 3.63) is 51.3 Å². The molecule has 5 nitrogen and oxygen atoms in total. The highest BCUT2D eigenvalue weighted by Gasteiger charge is 2.13. The number of nitrogens with one attached hydrogen (secondary N) is 2. The van der Waals surface area contributed by atoms with Crippen molar-refractivity contribution in [2.75, 3.05) is 10.7 Å². The molecule has 0 bridgehead atoms. The van der Waals surface area contributed by atoms with Crippen LogP contribution in [0.4, 0.5) is 11.4 Å². The number of rotatable bonds is 3. The third-order valence-corrected chi connectivity index (χ3v) is 4.39. The fourth-order valence-electron chi connectivity index (χ4n) is 2.08. The quantitative estimate of drug-likeness (QED) is 0.587. The van der Waals surface area contributed by atoms with E-state index in [9.17, 15) is 4.79 Å². The number of hydrazine groups is 1. The number of anilines is 2. The number of nitrogen functional groups attached to an aromatic ring is 1. The minimum atomic E-state index is -0.253. The molecule has 1 aromatic carbocycles. The van der Waals surface area contributed by atoms with Gasteiger partial charge in [0.05, 0.1) is 11.3 Å². The smallest absolute Gasteiger partial charge is 0.259 e. The van der Waals surface area contributed by atoms with Crippen molar-refractivity contribution in [1.82, 2.24) is 4.98 Å². The molecule has 0 fully saturated rings. The van der Waals surface area contributed by atoms with Gasteiger partial charge in [-0.3, -0.25) is 15.6 Å². The number of benzene rings is 1. The summed E-state index contributed by atoms with van der Waals surface area (Å²) in [5.41, 5.74) is 7.12. The monoisotopic (exact) mass is 348 g/mol. The molecule has 2 rings (SSSR count). The van der Waals surface area contributed by atoms with E-state index in [1.807, 2.05) is 32.9 Å². The Morgan fingerprint density at radius 2 is 1.81 bits per heavy atom. The first kappa shape index (κ1) is 15.5. The Hall–Kier alpha value is -1.92. The van der Waals surface area contributed by atoms with Crippen LogP contribution in [0.3, 0.4) is 0 Å². The Balaban J connectivity index is 2.30.